The van der Waals surface area contributed by atoms with E-state index in [1.54, 1.807) is 20.8 Å². The fourth-order valence-corrected chi connectivity index (χ4v) is 4.28. The molecule has 0 amide bonds. The van der Waals surface area contributed by atoms with Crippen molar-refractivity contribution >= 4 is 15.6 Å². The lowest BCUT2D eigenvalue weighted by atomic mass is 10.0. The molecule has 1 fully saturated rings. The average molecular weight is 411 g/mol. The summed E-state index contributed by atoms with van der Waals surface area (Å²) in [6.07, 6.45) is 5.07. The molecule has 1 aliphatic rings. The first-order valence-corrected chi connectivity index (χ1v) is 11.9. The Hall–Kier alpha value is -1.40. The van der Waals surface area contributed by atoms with Crippen LogP contribution in [0.1, 0.15) is 64.9 Å². The van der Waals surface area contributed by atoms with E-state index in [1.165, 1.54) is 0 Å². The number of rotatable bonds is 10. The first-order valence-electron chi connectivity index (χ1n) is 10.2. The second-order valence-electron chi connectivity index (χ2n) is 8.53. The number of unbranched alkanes of at least 4 members (excludes halogenated alkanes) is 2. The summed E-state index contributed by atoms with van der Waals surface area (Å²) in [7, 11) is -3.07. The Morgan fingerprint density at radius 3 is 2.32 bits per heavy atom. The molecule has 0 saturated carbocycles. The van der Waals surface area contributed by atoms with E-state index in [9.17, 15) is 13.2 Å². The van der Waals surface area contributed by atoms with Gasteiger partial charge in [0, 0.05) is 25.7 Å². The number of ketones is 1. The van der Waals surface area contributed by atoms with Gasteiger partial charge < -0.3 is 9.47 Å². The number of hydrogen-bond acceptors (Lipinski definition) is 5. The van der Waals surface area contributed by atoms with Crippen molar-refractivity contribution in [2.75, 3.05) is 19.0 Å². The molecule has 0 unspecified atom stereocenters. The molecule has 2 rings (SSSR count). The summed E-state index contributed by atoms with van der Waals surface area (Å²) in [6, 6.07) is 7.75. The Morgan fingerprint density at radius 1 is 1.07 bits per heavy atom. The fourth-order valence-electron chi connectivity index (χ4n) is 3.09. The Kier molecular flexibility index (Phi) is 8.50. The van der Waals surface area contributed by atoms with Crippen LogP contribution < -0.4 is 4.74 Å². The van der Waals surface area contributed by atoms with E-state index in [-0.39, 0.29) is 17.6 Å². The van der Waals surface area contributed by atoms with Crippen LogP contribution in [0.15, 0.2) is 24.3 Å². The quantitative estimate of drug-likeness (QED) is 0.543. The van der Waals surface area contributed by atoms with Crippen LogP contribution in [0.2, 0.25) is 0 Å². The van der Waals surface area contributed by atoms with Gasteiger partial charge in [-0.1, -0.05) is 18.6 Å². The number of benzene rings is 1. The van der Waals surface area contributed by atoms with Crippen LogP contribution in [-0.4, -0.2) is 44.0 Å². The highest BCUT2D eigenvalue weighted by Gasteiger charge is 2.27. The first kappa shape index (κ1) is 22.9. The largest absolute Gasteiger partial charge is 0.490 e. The molecule has 1 aliphatic heterocycles. The zero-order valence-electron chi connectivity index (χ0n) is 17.4. The minimum atomic E-state index is -3.07. The van der Waals surface area contributed by atoms with Gasteiger partial charge in [0.2, 0.25) is 0 Å². The van der Waals surface area contributed by atoms with E-state index < -0.39 is 14.6 Å². The fraction of sp³-hybridized carbons (Fsp3) is 0.682. The molecular formula is C22H34O5S. The van der Waals surface area contributed by atoms with E-state index in [0.29, 0.717) is 19.3 Å². The molecular weight excluding hydrogens is 376 g/mol. The highest BCUT2D eigenvalue weighted by molar-refractivity contribution is 7.92. The van der Waals surface area contributed by atoms with E-state index in [4.69, 9.17) is 9.47 Å². The zero-order valence-corrected chi connectivity index (χ0v) is 18.2. The number of ether oxygens (including phenoxy) is 2. The van der Waals surface area contributed by atoms with Gasteiger partial charge in [0.15, 0.2) is 9.84 Å². The van der Waals surface area contributed by atoms with Gasteiger partial charge in [-0.15, -0.1) is 0 Å². The van der Waals surface area contributed by atoms with Crippen molar-refractivity contribution in [3.63, 3.8) is 0 Å². The minimum Gasteiger partial charge on any atom is -0.490 e. The lowest BCUT2D eigenvalue weighted by molar-refractivity contribution is -0.118. The topological polar surface area (TPSA) is 69.7 Å². The van der Waals surface area contributed by atoms with Crippen LogP contribution in [0.3, 0.4) is 0 Å². The SMILES string of the molecule is CC(C)(C)S(=O)(=O)CCCCCC(=O)Cc1ccc(OC2CCOCC2)cc1. The van der Waals surface area contributed by atoms with Crippen molar-refractivity contribution in [1.29, 1.82) is 0 Å². The van der Waals surface area contributed by atoms with Crippen molar-refractivity contribution in [3.05, 3.63) is 29.8 Å². The van der Waals surface area contributed by atoms with E-state index in [0.717, 1.165) is 50.2 Å². The van der Waals surface area contributed by atoms with Crippen molar-refractivity contribution in [1.82, 2.24) is 0 Å². The van der Waals surface area contributed by atoms with Crippen LogP contribution >= 0.6 is 0 Å². The number of sulfone groups is 1. The molecule has 158 valence electrons. The van der Waals surface area contributed by atoms with Crippen LogP contribution in [0.4, 0.5) is 0 Å². The molecule has 1 saturated heterocycles. The van der Waals surface area contributed by atoms with E-state index >= 15 is 0 Å². The van der Waals surface area contributed by atoms with Crippen LogP contribution in [0.25, 0.3) is 0 Å². The minimum absolute atomic E-state index is 0.191. The molecule has 1 aromatic rings. The number of Topliss-reactive ketones (excluding diaryl/α,β-unsaturated/α-hetero) is 1. The Bertz CT molecular complexity index is 710. The molecule has 0 radical (unpaired) electrons. The van der Waals surface area contributed by atoms with Crippen molar-refractivity contribution in [2.45, 2.75) is 76.6 Å². The molecule has 0 aromatic heterocycles. The lowest BCUT2D eigenvalue weighted by Crippen LogP contribution is -2.30. The summed E-state index contributed by atoms with van der Waals surface area (Å²) < 4.78 is 34.7. The smallest absolute Gasteiger partial charge is 0.155 e. The molecule has 0 N–H and O–H groups in total. The maximum Gasteiger partial charge on any atom is 0.155 e. The van der Waals surface area contributed by atoms with Gasteiger partial charge in [-0.2, -0.15) is 0 Å². The van der Waals surface area contributed by atoms with Gasteiger partial charge in [-0.3, -0.25) is 4.79 Å². The third kappa shape index (κ3) is 7.55. The monoisotopic (exact) mass is 410 g/mol. The maximum atomic E-state index is 12.2. The van der Waals surface area contributed by atoms with Gasteiger partial charge in [0.05, 0.1) is 23.7 Å². The molecule has 1 aromatic carbocycles. The molecule has 0 aliphatic carbocycles. The van der Waals surface area contributed by atoms with Gasteiger partial charge in [0.25, 0.3) is 0 Å². The molecule has 0 bridgehead atoms. The number of carbonyl (C=O) groups excluding carboxylic acids is 1. The summed E-state index contributed by atoms with van der Waals surface area (Å²) >= 11 is 0. The van der Waals surface area contributed by atoms with Crippen molar-refractivity contribution in [3.8, 4) is 5.75 Å². The number of hydrogen-bond donors (Lipinski definition) is 0. The summed E-state index contributed by atoms with van der Waals surface area (Å²) in [5, 5.41) is 0. The molecule has 5 nitrogen and oxygen atoms in total. The summed E-state index contributed by atoms with van der Waals surface area (Å²) in [4.78, 5) is 12.2. The zero-order chi connectivity index (χ0) is 20.6. The normalized spacial score (nSPS) is 16.1. The third-order valence-electron chi connectivity index (χ3n) is 5.10. The maximum absolute atomic E-state index is 12.2. The van der Waals surface area contributed by atoms with Gasteiger partial charge >= 0.3 is 0 Å². The van der Waals surface area contributed by atoms with Gasteiger partial charge in [-0.25, -0.2) is 8.42 Å². The molecule has 0 atom stereocenters. The van der Waals surface area contributed by atoms with Crippen LogP contribution in [-0.2, 0) is 25.8 Å². The number of carbonyl (C=O) groups is 1. The lowest BCUT2D eigenvalue weighted by Gasteiger charge is -2.23. The van der Waals surface area contributed by atoms with Crippen molar-refractivity contribution in [2.24, 2.45) is 0 Å². The van der Waals surface area contributed by atoms with Gasteiger partial charge in [-0.05, 0) is 51.3 Å². The average Bonchev–Trinajstić information content (AvgIpc) is 2.63. The first-order chi connectivity index (χ1) is 13.2. The predicted molar refractivity (Wildman–Crippen MR) is 112 cm³/mol. The molecule has 1 heterocycles. The van der Waals surface area contributed by atoms with Gasteiger partial charge in [0.1, 0.15) is 17.6 Å². The standard InChI is InChI=1S/C22H34O5S/c1-22(2,3)28(24,25)16-6-4-5-7-19(23)17-18-8-10-20(11-9-18)27-21-12-14-26-15-13-21/h8-11,21H,4-7,12-17H2,1-3H3. The Balaban J connectivity index is 1.66. The van der Waals surface area contributed by atoms with Crippen LogP contribution in [0.5, 0.6) is 5.75 Å². The second-order valence-corrected chi connectivity index (χ2v) is 11.4. The Labute approximate surface area is 169 Å². The highest BCUT2D eigenvalue weighted by Crippen LogP contribution is 2.20. The highest BCUT2D eigenvalue weighted by atomic mass is 32.2. The summed E-state index contributed by atoms with van der Waals surface area (Å²) in [5.41, 5.74) is 0.986. The second kappa shape index (κ2) is 10.4. The van der Waals surface area contributed by atoms with Crippen molar-refractivity contribution < 1.29 is 22.7 Å². The molecule has 6 heteroatoms. The molecule has 28 heavy (non-hydrogen) atoms. The predicted octanol–water partition coefficient (Wildman–Crippen LogP) is 4.13. The van der Waals surface area contributed by atoms with Crippen LogP contribution in [0, 0.1) is 0 Å². The van der Waals surface area contributed by atoms with E-state index in [2.05, 4.69) is 0 Å². The summed E-state index contributed by atoms with van der Waals surface area (Å²) in [6.45, 7) is 6.68. The van der Waals surface area contributed by atoms with E-state index in [1.807, 2.05) is 24.3 Å². The summed E-state index contributed by atoms with van der Waals surface area (Å²) in [5.74, 6) is 1.22. The third-order valence-corrected chi connectivity index (χ3v) is 7.79. The molecule has 0 spiro atoms. The Morgan fingerprint density at radius 2 is 1.71 bits per heavy atom.